The Hall–Kier alpha value is -1.17. The monoisotopic (exact) mass is 258 g/mol. The number of hydrogen-bond donors (Lipinski definition) is 3. The second-order valence-electron chi connectivity index (χ2n) is 2.91. The predicted molar refractivity (Wildman–Crippen MR) is 66.6 cm³/mol. The van der Waals surface area contributed by atoms with Gasteiger partial charge >= 0.3 is 0 Å². The van der Waals surface area contributed by atoms with Gasteiger partial charge in [-0.05, 0) is 24.4 Å². The summed E-state index contributed by atoms with van der Waals surface area (Å²) in [7, 11) is 0. The van der Waals surface area contributed by atoms with Crippen molar-refractivity contribution in [3.63, 3.8) is 0 Å². The van der Waals surface area contributed by atoms with Gasteiger partial charge in [0.25, 0.3) is 5.91 Å². The van der Waals surface area contributed by atoms with Crippen molar-refractivity contribution in [2.24, 2.45) is 0 Å². The van der Waals surface area contributed by atoms with Gasteiger partial charge < -0.3 is 10.4 Å². The molecule has 0 fully saturated rings. The number of amides is 1. The largest absolute Gasteiger partial charge is 0.395 e. The molecule has 1 amide bonds. The van der Waals surface area contributed by atoms with E-state index in [1.54, 1.807) is 24.3 Å². The standard InChI is InChI=1S/C10H11ClN2O2S/c11-8-4-2-1-3-7(8)9(15)13-10(16)12-5-6-14/h1-4,14H,5-6H2,(H2,12,13,15,16). The molecule has 0 saturated carbocycles. The van der Waals surface area contributed by atoms with Gasteiger partial charge in [0.15, 0.2) is 5.11 Å². The highest BCUT2D eigenvalue weighted by Gasteiger charge is 2.10. The van der Waals surface area contributed by atoms with Gasteiger partial charge in [0.2, 0.25) is 0 Å². The Bertz CT molecular complexity index is 398. The number of thiocarbonyl (C=S) groups is 1. The van der Waals surface area contributed by atoms with Crippen LogP contribution in [0.4, 0.5) is 0 Å². The molecule has 0 aliphatic heterocycles. The van der Waals surface area contributed by atoms with E-state index in [-0.39, 0.29) is 17.6 Å². The minimum absolute atomic E-state index is 0.0535. The lowest BCUT2D eigenvalue weighted by Gasteiger charge is -2.08. The van der Waals surface area contributed by atoms with Gasteiger partial charge in [-0.15, -0.1) is 0 Å². The van der Waals surface area contributed by atoms with Gasteiger partial charge in [-0.3, -0.25) is 10.1 Å². The zero-order chi connectivity index (χ0) is 12.0. The van der Waals surface area contributed by atoms with E-state index in [1.165, 1.54) is 0 Å². The number of carbonyl (C=O) groups excluding carboxylic acids is 1. The Morgan fingerprint density at radius 3 is 2.75 bits per heavy atom. The fourth-order valence-corrected chi connectivity index (χ4v) is 1.45. The lowest BCUT2D eigenvalue weighted by Crippen LogP contribution is -2.40. The maximum Gasteiger partial charge on any atom is 0.258 e. The molecular formula is C10H11ClN2O2S. The SMILES string of the molecule is O=C(NC(=S)NCCO)c1ccccc1Cl. The number of nitrogens with one attached hydrogen (secondary N) is 2. The van der Waals surface area contributed by atoms with Crippen LogP contribution in [0.25, 0.3) is 0 Å². The van der Waals surface area contributed by atoms with E-state index in [0.717, 1.165) is 0 Å². The highest BCUT2D eigenvalue weighted by Crippen LogP contribution is 2.14. The average molecular weight is 259 g/mol. The molecule has 0 heterocycles. The van der Waals surface area contributed by atoms with E-state index in [1.807, 2.05) is 0 Å². The second kappa shape index (κ2) is 6.42. The number of aliphatic hydroxyl groups is 1. The van der Waals surface area contributed by atoms with Crippen molar-refractivity contribution in [3.05, 3.63) is 34.9 Å². The number of benzene rings is 1. The van der Waals surface area contributed by atoms with E-state index in [2.05, 4.69) is 10.6 Å². The summed E-state index contributed by atoms with van der Waals surface area (Å²) in [5.74, 6) is -0.374. The van der Waals surface area contributed by atoms with Crippen molar-refractivity contribution >= 4 is 34.8 Å². The molecule has 3 N–H and O–H groups in total. The van der Waals surface area contributed by atoms with E-state index >= 15 is 0 Å². The molecule has 4 nitrogen and oxygen atoms in total. The lowest BCUT2D eigenvalue weighted by molar-refractivity contribution is 0.0976. The smallest absolute Gasteiger partial charge is 0.258 e. The fraction of sp³-hybridized carbons (Fsp3) is 0.200. The zero-order valence-electron chi connectivity index (χ0n) is 8.37. The molecule has 6 heteroatoms. The van der Waals surface area contributed by atoms with Crippen LogP contribution in [0.5, 0.6) is 0 Å². The van der Waals surface area contributed by atoms with Gasteiger partial charge in [0.1, 0.15) is 0 Å². The number of aliphatic hydroxyl groups excluding tert-OH is 1. The molecule has 86 valence electrons. The summed E-state index contributed by atoms with van der Waals surface area (Å²) in [5.41, 5.74) is 0.359. The van der Waals surface area contributed by atoms with Gasteiger partial charge in [-0.2, -0.15) is 0 Å². The minimum Gasteiger partial charge on any atom is -0.395 e. The first-order valence-corrected chi connectivity index (χ1v) is 5.38. The molecule has 16 heavy (non-hydrogen) atoms. The summed E-state index contributed by atoms with van der Waals surface area (Å²) in [4.78, 5) is 11.7. The van der Waals surface area contributed by atoms with E-state index in [0.29, 0.717) is 17.1 Å². The fourth-order valence-electron chi connectivity index (χ4n) is 1.03. The van der Waals surface area contributed by atoms with Gasteiger partial charge in [-0.1, -0.05) is 23.7 Å². The maximum atomic E-state index is 11.7. The molecule has 0 saturated heterocycles. The second-order valence-corrected chi connectivity index (χ2v) is 3.73. The molecule has 1 aromatic rings. The molecule has 0 aliphatic rings. The molecular weight excluding hydrogens is 248 g/mol. The Morgan fingerprint density at radius 2 is 2.12 bits per heavy atom. The Balaban J connectivity index is 2.59. The number of halogens is 1. The van der Waals surface area contributed by atoms with Crippen LogP contribution in [0, 0.1) is 0 Å². The van der Waals surface area contributed by atoms with Gasteiger partial charge in [-0.25, -0.2) is 0 Å². The van der Waals surface area contributed by atoms with Crippen molar-refractivity contribution in [2.75, 3.05) is 13.2 Å². The van der Waals surface area contributed by atoms with Crippen LogP contribution >= 0.6 is 23.8 Å². The first kappa shape index (κ1) is 12.9. The predicted octanol–water partition coefficient (Wildman–Crippen LogP) is 0.937. The third kappa shape index (κ3) is 3.77. The van der Waals surface area contributed by atoms with Crippen molar-refractivity contribution in [1.82, 2.24) is 10.6 Å². The summed E-state index contributed by atoms with van der Waals surface area (Å²) in [5, 5.41) is 14.2. The molecule has 0 bridgehead atoms. The zero-order valence-corrected chi connectivity index (χ0v) is 9.94. The molecule has 0 spiro atoms. The van der Waals surface area contributed by atoms with E-state index < -0.39 is 0 Å². The molecule has 0 aliphatic carbocycles. The highest BCUT2D eigenvalue weighted by atomic mass is 35.5. The van der Waals surface area contributed by atoms with Crippen LogP contribution in [-0.4, -0.2) is 29.3 Å². The van der Waals surface area contributed by atoms with Crippen LogP contribution in [0.1, 0.15) is 10.4 Å². The summed E-state index contributed by atoms with van der Waals surface area (Å²) < 4.78 is 0. The summed E-state index contributed by atoms with van der Waals surface area (Å²) in [6, 6.07) is 6.68. The average Bonchev–Trinajstić information content (AvgIpc) is 2.26. The lowest BCUT2D eigenvalue weighted by atomic mass is 10.2. The molecule has 0 aromatic heterocycles. The quantitative estimate of drug-likeness (QED) is 0.706. The molecule has 0 unspecified atom stereocenters. The Morgan fingerprint density at radius 1 is 1.44 bits per heavy atom. The van der Waals surface area contributed by atoms with Crippen molar-refractivity contribution in [3.8, 4) is 0 Å². The van der Waals surface area contributed by atoms with Crippen LogP contribution in [0.2, 0.25) is 5.02 Å². The topological polar surface area (TPSA) is 61.4 Å². The Kier molecular flexibility index (Phi) is 5.18. The molecule has 0 atom stereocenters. The summed E-state index contributed by atoms with van der Waals surface area (Å²) in [6.07, 6.45) is 0. The molecule has 0 radical (unpaired) electrons. The normalized spacial score (nSPS) is 9.62. The Labute approximate surface area is 104 Å². The van der Waals surface area contributed by atoms with Crippen molar-refractivity contribution < 1.29 is 9.90 Å². The van der Waals surface area contributed by atoms with Crippen LogP contribution in [0.3, 0.4) is 0 Å². The number of rotatable bonds is 3. The van der Waals surface area contributed by atoms with Crippen LogP contribution in [0.15, 0.2) is 24.3 Å². The molecule has 1 rings (SSSR count). The van der Waals surface area contributed by atoms with Gasteiger partial charge in [0, 0.05) is 6.54 Å². The summed E-state index contributed by atoms with van der Waals surface area (Å²) in [6.45, 7) is 0.240. The van der Waals surface area contributed by atoms with Crippen LogP contribution in [-0.2, 0) is 0 Å². The van der Waals surface area contributed by atoms with E-state index in [4.69, 9.17) is 28.9 Å². The summed E-state index contributed by atoms with van der Waals surface area (Å²) >= 11 is 10.7. The highest BCUT2D eigenvalue weighted by molar-refractivity contribution is 7.80. The first-order chi connectivity index (χ1) is 7.65. The van der Waals surface area contributed by atoms with Gasteiger partial charge in [0.05, 0.1) is 17.2 Å². The third-order valence-electron chi connectivity index (χ3n) is 1.74. The maximum absolute atomic E-state index is 11.7. The third-order valence-corrected chi connectivity index (χ3v) is 2.32. The number of hydrogen-bond acceptors (Lipinski definition) is 3. The molecule has 1 aromatic carbocycles. The first-order valence-electron chi connectivity index (χ1n) is 4.59. The van der Waals surface area contributed by atoms with Crippen LogP contribution < -0.4 is 10.6 Å². The number of carbonyl (C=O) groups is 1. The minimum atomic E-state index is -0.374. The van der Waals surface area contributed by atoms with E-state index in [9.17, 15) is 4.79 Å². The van der Waals surface area contributed by atoms with Crippen molar-refractivity contribution in [2.45, 2.75) is 0 Å². The van der Waals surface area contributed by atoms with Crippen molar-refractivity contribution in [1.29, 1.82) is 0 Å².